The minimum Gasteiger partial charge on any atom is -0.350 e. The van der Waals surface area contributed by atoms with Crippen LogP contribution in [0.15, 0.2) is 34.3 Å². The van der Waals surface area contributed by atoms with Crippen molar-refractivity contribution in [3.63, 3.8) is 0 Å². The number of hydrogen-bond donors (Lipinski definition) is 2. The molecule has 1 atom stereocenters. The minimum absolute atomic E-state index is 0.0819. The molecule has 22 heavy (non-hydrogen) atoms. The summed E-state index contributed by atoms with van der Waals surface area (Å²) >= 11 is 8.46. The van der Waals surface area contributed by atoms with Gasteiger partial charge in [-0.15, -0.1) is 11.3 Å². The van der Waals surface area contributed by atoms with Crippen LogP contribution < -0.4 is 5.32 Å². The Morgan fingerprint density at radius 1 is 1.50 bits per heavy atom. The van der Waals surface area contributed by atoms with Gasteiger partial charge in [-0.25, -0.2) is 0 Å². The molecule has 0 unspecified atom stereocenters. The molecule has 8 heteroatoms. The first-order valence-electron chi connectivity index (χ1n) is 6.66. The molecule has 0 saturated carbocycles. The molecule has 2 N–H and O–H groups in total. The molecule has 0 bridgehead atoms. The Hall–Kier alpha value is -1.77. The van der Waals surface area contributed by atoms with E-state index in [0.717, 1.165) is 10.4 Å². The Balaban J connectivity index is 1.80. The highest BCUT2D eigenvalue weighted by molar-refractivity contribution is 7.71. The first kappa shape index (κ1) is 15.1. The van der Waals surface area contributed by atoms with E-state index >= 15 is 0 Å². The van der Waals surface area contributed by atoms with Gasteiger partial charge < -0.3 is 5.32 Å². The van der Waals surface area contributed by atoms with Gasteiger partial charge in [0.1, 0.15) is 6.04 Å². The molecule has 3 heterocycles. The number of nitrogens with one attached hydrogen (secondary N) is 2. The highest BCUT2D eigenvalue weighted by Gasteiger charge is 2.21. The third kappa shape index (κ3) is 3.03. The van der Waals surface area contributed by atoms with Gasteiger partial charge in [0.25, 0.3) is 0 Å². The maximum atomic E-state index is 12.4. The Morgan fingerprint density at radius 2 is 2.36 bits per heavy atom. The van der Waals surface area contributed by atoms with Crippen molar-refractivity contribution in [2.45, 2.75) is 19.5 Å². The zero-order chi connectivity index (χ0) is 15.5. The third-order valence-corrected chi connectivity index (χ3v) is 5.15. The van der Waals surface area contributed by atoms with E-state index in [4.69, 9.17) is 12.2 Å². The molecule has 0 aromatic carbocycles. The molecule has 0 aliphatic heterocycles. The summed E-state index contributed by atoms with van der Waals surface area (Å²) in [6.07, 6.45) is 0. The Bertz CT molecular complexity index is 802. The van der Waals surface area contributed by atoms with Gasteiger partial charge in [-0.1, -0.05) is 6.07 Å². The van der Waals surface area contributed by atoms with Crippen molar-refractivity contribution in [2.24, 2.45) is 0 Å². The van der Waals surface area contributed by atoms with Gasteiger partial charge in [-0.2, -0.15) is 16.4 Å². The summed E-state index contributed by atoms with van der Waals surface area (Å²) in [6, 6.07) is 5.48. The summed E-state index contributed by atoms with van der Waals surface area (Å²) in [4.78, 5) is 13.4. The second kappa shape index (κ2) is 6.55. The summed E-state index contributed by atoms with van der Waals surface area (Å²) in [5.74, 6) is 0.611. The van der Waals surface area contributed by atoms with Crippen molar-refractivity contribution in [2.75, 3.05) is 0 Å². The summed E-state index contributed by atoms with van der Waals surface area (Å²) in [6.45, 7) is 2.34. The Kier molecular flexibility index (Phi) is 4.51. The predicted octanol–water partition coefficient (Wildman–Crippen LogP) is 3.61. The van der Waals surface area contributed by atoms with Crippen molar-refractivity contribution in [1.82, 2.24) is 20.1 Å². The standard InChI is InChI=1S/C14H14N4OS3/c1-9(13(19)15-7-10-4-6-21-8-10)18-12(16-17-14(18)20)11-3-2-5-22-11/h2-6,8-9H,7H2,1H3,(H,15,19)(H,17,20)/t9-/m0/s1. The second-order valence-corrected chi connectivity index (χ2v) is 6.84. The number of amides is 1. The molecule has 114 valence electrons. The van der Waals surface area contributed by atoms with E-state index in [0.29, 0.717) is 17.1 Å². The normalized spacial score (nSPS) is 12.2. The fourth-order valence-electron chi connectivity index (χ4n) is 2.09. The minimum atomic E-state index is -0.429. The molecular weight excluding hydrogens is 336 g/mol. The summed E-state index contributed by atoms with van der Waals surface area (Å²) in [5.41, 5.74) is 1.10. The maximum absolute atomic E-state index is 12.4. The Morgan fingerprint density at radius 3 is 3.05 bits per heavy atom. The molecule has 3 aromatic rings. The fraction of sp³-hybridized carbons (Fsp3) is 0.214. The monoisotopic (exact) mass is 350 g/mol. The van der Waals surface area contributed by atoms with E-state index in [-0.39, 0.29) is 5.91 Å². The lowest BCUT2D eigenvalue weighted by Gasteiger charge is -2.15. The highest BCUT2D eigenvalue weighted by atomic mass is 32.1. The van der Waals surface area contributed by atoms with Crippen LogP contribution in [0.2, 0.25) is 0 Å². The highest BCUT2D eigenvalue weighted by Crippen LogP contribution is 2.25. The van der Waals surface area contributed by atoms with E-state index < -0.39 is 6.04 Å². The van der Waals surface area contributed by atoms with E-state index in [9.17, 15) is 4.79 Å². The number of H-pyrrole nitrogens is 1. The number of aromatic nitrogens is 3. The molecule has 0 fully saturated rings. The van der Waals surface area contributed by atoms with Crippen LogP contribution in [0.4, 0.5) is 0 Å². The number of carbonyl (C=O) groups excluding carboxylic acids is 1. The second-order valence-electron chi connectivity index (χ2n) is 4.73. The zero-order valence-electron chi connectivity index (χ0n) is 11.8. The van der Waals surface area contributed by atoms with Crippen LogP contribution in [-0.2, 0) is 11.3 Å². The molecule has 0 aliphatic carbocycles. The topological polar surface area (TPSA) is 62.7 Å². The Labute approximate surface area is 140 Å². The van der Waals surface area contributed by atoms with Crippen molar-refractivity contribution in [3.8, 4) is 10.7 Å². The average molecular weight is 350 g/mol. The van der Waals surface area contributed by atoms with Gasteiger partial charge in [-0.05, 0) is 53.0 Å². The molecule has 0 radical (unpaired) electrons. The van der Waals surface area contributed by atoms with Gasteiger partial charge in [-0.3, -0.25) is 14.5 Å². The predicted molar refractivity (Wildman–Crippen MR) is 91.6 cm³/mol. The van der Waals surface area contributed by atoms with Gasteiger partial charge in [0.15, 0.2) is 10.6 Å². The molecule has 1 amide bonds. The van der Waals surface area contributed by atoms with Gasteiger partial charge in [0.2, 0.25) is 5.91 Å². The lowest BCUT2D eigenvalue weighted by molar-refractivity contribution is -0.124. The lowest BCUT2D eigenvalue weighted by atomic mass is 10.2. The van der Waals surface area contributed by atoms with Crippen LogP contribution in [0.5, 0.6) is 0 Å². The molecular formula is C14H14N4OS3. The SMILES string of the molecule is C[C@@H](C(=O)NCc1ccsc1)n1c(-c2cccs2)n[nH]c1=S. The van der Waals surface area contributed by atoms with E-state index in [1.165, 1.54) is 0 Å². The fourth-order valence-corrected chi connectivity index (χ4v) is 3.76. The van der Waals surface area contributed by atoms with Crippen LogP contribution in [0.1, 0.15) is 18.5 Å². The van der Waals surface area contributed by atoms with Crippen LogP contribution >= 0.6 is 34.9 Å². The third-order valence-electron chi connectivity index (χ3n) is 3.26. The van der Waals surface area contributed by atoms with Gasteiger partial charge >= 0.3 is 0 Å². The van der Waals surface area contributed by atoms with Gasteiger partial charge in [0.05, 0.1) is 4.88 Å². The summed E-state index contributed by atoms with van der Waals surface area (Å²) in [5, 5.41) is 15.9. The van der Waals surface area contributed by atoms with Crippen molar-refractivity contribution in [3.05, 3.63) is 44.7 Å². The van der Waals surface area contributed by atoms with Crippen LogP contribution in [0.3, 0.4) is 0 Å². The molecule has 0 spiro atoms. The summed E-state index contributed by atoms with van der Waals surface area (Å²) < 4.78 is 2.20. The van der Waals surface area contributed by atoms with Gasteiger partial charge in [0, 0.05) is 6.54 Å². The first-order valence-corrected chi connectivity index (χ1v) is 8.89. The smallest absolute Gasteiger partial charge is 0.243 e. The number of thiophene rings is 2. The zero-order valence-corrected chi connectivity index (χ0v) is 14.2. The molecule has 3 aromatic heterocycles. The number of hydrogen-bond acceptors (Lipinski definition) is 5. The van der Waals surface area contributed by atoms with Crippen molar-refractivity contribution < 1.29 is 4.79 Å². The van der Waals surface area contributed by atoms with Crippen molar-refractivity contribution >= 4 is 40.8 Å². The molecule has 0 aliphatic rings. The van der Waals surface area contributed by atoms with E-state index in [2.05, 4.69) is 15.5 Å². The lowest BCUT2D eigenvalue weighted by Crippen LogP contribution is -2.30. The van der Waals surface area contributed by atoms with E-state index in [1.807, 2.05) is 41.3 Å². The largest absolute Gasteiger partial charge is 0.350 e. The first-order chi connectivity index (χ1) is 10.7. The quantitative estimate of drug-likeness (QED) is 0.691. The van der Waals surface area contributed by atoms with Crippen LogP contribution in [0, 0.1) is 4.77 Å². The molecule has 0 saturated heterocycles. The van der Waals surface area contributed by atoms with Crippen LogP contribution in [0.25, 0.3) is 10.7 Å². The molecule has 3 rings (SSSR count). The van der Waals surface area contributed by atoms with E-state index in [1.54, 1.807) is 27.2 Å². The molecule has 5 nitrogen and oxygen atoms in total. The van der Waals surface area contributed by atoms with Crippen molar-refractivity contribution in [1.29, 1.82) is 0 Å². The number of aromatic amines is 1. The number of carbonyl (C=O) groups is 1. The number of rotatable bonds is 5. The average Bonchev–Trinajstić information content (AvgIpc) is 3.25. The maximum Gasteiger partial charge on any atom is 0.243 e. The van der Waals surface area contributed by atoms with Crippen LogP contribution in [-0.4, -0.2) is 20.7 Å². The number of nitrogens with zero attached hydrogens (tertiary/aromatic N) is 2. The summed E-state index contributed by atoms with van der Waals surface area (Å²) in [7, 11) is 0.